The fourth-order valence-electron chi connectivity index (χ4n) is 3.47. The van der Waals surface area contributed by atoms with Crippen LogP contribution in [0.5, 0.6) is 17.2 Å². The maximum Gasteiger partial charge on any atom is 0.242 e. The second kappa shape index (κ2) is 10.3. The van der Waals surface area contributed by atoms with E-state index in [1.807, 2.05) is 48.5 Å². The Kier molecular flexibility index (Phi) is 7.32. The Hall–Kier alpha value is -3.74. The minimum absolute atomic E-state index is 0.167. The molecule has 162 valence electrons. The van der Waals surface area contributed by atoms with Crippen molar-refractivity contribution in [2.24, 2.45) is 0 Å². The topological polar surface area (TPSA) is 85.9 Å². The van der Waals surface area contributed by atoms with Crippen LogP contribution in [0.1, 0.15) is 17.5 Å². The molecule has 0 spiro atoms. The standard InChI is InChI=1S/C24H26N2O5/c1-29-20-13-11-17(23(30-2)24(20)31-3)12-14-21(27)25-26-22(28)15-18-9-6-8-16-7-4-5-10-19(16)18/h4-11,13H,12,14-15H2,1-3H3,(H,25,27)(H,26,28). The highest BCUT2D eigenvalue weighted by atomic mass is 16.5. The fourth-order valence-corrected chi connectivity index (χ4v) is 3.47. The lowest BCUT2D eigenvalue weighted by Crippen LogP contribution is -2.42. The maximum absolute atomic E-state index is 12.3. The van der Waals surface area contributed by atoms with Crippen molar-refractivity contribution in [1.29, 1.82) is 0 Å². The summed E-state index contributed by atoms with van der Waals surface area (Å²) < 4.78 is 16.1. The van der Waals surface area contributed by atoms with Gasteiger partial charge >= 0.3 is 0 Å². The molecule has 7 nitrogen and oxygen atoms in total. The van der Waals surface area contributed by atoms with Crippen LogP contribution in [0.3, 0.4) is 0 Å². The zero-order valence-corrected chi connectivity index (χ0v) is 17.9. The Morgan fingerprint density at radius 3 is 2.19 bits per heavy atom. The SMILES string of the molecule is COc1ccc(CCC(=O)NNC(=O)Cc2cccc3ccccc23)c(OC)c1OC. The Labute approximate surface area is 181 Å². The average Bonchev–Trinajstić information content (AvgIpc) is 2.80. The summed E-state index contributed by atoms with van der Waals surface area (Å²) in [5.74, 6) is 0.964. The van der Waals surface area contributed by atoms with Gasteiger partial charge in [0.25, 0.3) is 0 Å². The molecule has 0 atom stereocenters. The van der Waals surface area contributed by atoms with Gasteiger partial charge in [0.1, 0.15) is 0 Å². The zero-order chi connectivity index (χ0) is 22.2. The molecule has 0 fully saturated rings. The van der Waals surface area contributed by atoms with Gasteiger partial charge in [-0.2, -0.15) is 0 Å². The Morgan fingerprint density at radius 1 is 0.742 bits per heavy atom. The highest BCUT2D eigenvalue weighted by Gasteiger charge is 2.16. The van der Waals surface area contributed by atoms with Crippen molar-refractivity contribution >= 4 is 22.6 Å². The van der Waals surface area contributed by atoms with Gasteiger partial charge in [-0.15, -0.1) is 0 Å². The van der Waals surface area contributed by atoms with E-state index in [0.717, 1.165) is 21.9 Å². The molecule has 3 aromatic rings. The number of ether oxygens (including phenoxy) is 3. The molecule has 3 aromatic carbocycles. The lowest BCUT2D eigenvalue weighted by atomic mass is 10.0. The van der Waals surface area contributed by atoms with Gasteiger partial charge in [-0.05, 0) is 34.4 Å². The van der Waals surface area contributed by atoms with Crippen molar-refractivity contribution in [3.05, 3.63) is 65.7 Å². The van der Waals surface area contributed by atoms with Crippen LogP contribution in [0.4, 0.5) is 0 Å². The van der Waals surface area contributed by atoms with Gasteiger partial charge in [0, 0.05) is 6.42 Å². The van der Waals surface area contributed by atoms with E-state index >= 15 is 0 Å². The molecule has 2 amide bonds. The summed E-state index contributed by atoms with van der Waals surface area (Å²) in [6, 6.07) is 17.3. The Morgan fingerprint density at radius 2 is 1.45 bits per heavy atom. The summed E-state index contributed by atoms with van der Waals surface area (Å²) in [6.45, 7) is 0. The van der Waals surface area contributed by atoms with Gasteiger partial charge in [0.15, 0.2) is 11.5 Å². The first-order valence-corrected chi connectivity index (χ1v) is 9.89. The van der Waals surface area contributed by atoms with E-state index in [4.69, 9.17) is 14.2 Å². The molecule has 0 aliphatic carbocycles. The van der Waals surface area contributed by atoms with Crippen LogP contribution in [0.25, 0.3) is 10.8 Å². The quantitative estimate of drug-likeness (QED) is 0.545. The molecule has 7 heteroatoms. The normalized spacial score (nSPS) is 10.4. The highest BCUT2D eigenvalue weighted by Crippen LogP contribution is 2.40. The van der Waals surface area contributed by atoms with Gasteiger partial charge < -0.3 is 14.2 Å². The maximum atomic E-state index is 12.3. The second-order valence-corrected chi connectivity index (χ2v) is 6.90. The molecular weight excluding hydrogens is 396 g/mol. The van der Waals surface area contributed by atoms with Gasteiger partial charge in [0.05, 0.1) is 27.8 Å². The average molecular weight is 422 g/mol. The molecule has 0 aliphatic rings. The molecular formula is C24H26N2O5. The molecule has 0 aromatic heterocycles. The third kappa shape index (κ3) is 5.25. The number of amides is 2. The number of hydrogen-bond donors (Lipinski definition) is 2. The lowest BCUT2D eigenvalue weighted by molar-refractivity contribution is -0.128. The van der Waals surface area contributed by atoms with E-state index in [1.54, 1.807) is 13.2 Å². The number of fused-ring (bicyclic) bond motifs is 1. The zero-order valence-electron chi connectivity index (χ0n) is 17.9. The third-order valence-electron chi connectivity index (χ3n) is 4.98. The first-order valence-electron chi connectivity index (χ1n) is 9.89. The van der Waals surface area contributed by atoms with Crippen molar-refractivity contribution in [2.45, 2.75) is 19.3 Å². The van der Waals surface area contributed by atoms with Crippen LogP contribution < -0.4 is 25.1 Å². The number of carbonyl (C=O) groups excluding carboxylic acids is 2. The molecule has 2 N–H and O–H groups in total. The first kappa shape index (κ1) is 22.0. The fraction of sp³-hybridized carbons (Fsp3) is 0.250. The number of benzene rings is 3. The van der Waals surface area contributed by atoms with E-state index in [0.29, 0.717) is 23.7 Å². The molecule has 3 rings (SSSR count). The molecule has 0 saturated carbocycles. The van der Waals surface area contributed by atoms with Crippen molar-refractivity contribution in [3.8, 4) is 17.2 Å². The van der Waals surface area contributed by atoms with E-state index in [-0.39, 0.29) is 24.7 Å². The van der Waals surface area contributed by atoms with Crippen LogP contribution in [0.15, 0.2) is 54.6 Å². The van der Waals surface area contributed by atoms with Crippen LogP contribution in [-0.4, -0.2) is 33.1 Å². The van der Waals surface area contributed by atoms with Crippen LogP contribution in [0, 0.1) is 0 Å². The lowest BCUT2D eigenvalue weighted by Gasteiger charge is -2.15. The number of nitrogens with one attached hydrogen (secondary N) is 2. The molecule has 0 radical (unpaired) electrons. The summed E-state index contributed by atoms with van der Waals surface area (Å²) in [4.78, 5) is 24.6. The number of rotatable bonds is 8. The van der Waals surface area contributed by atoms with Gasteiger partial charge in [0.2, 0.25) is 17.6 Å². The predicted octanol–water partition coefficient (Wildman–Crippen LogP) is 3.19. The summed E-state index contributed by atoms with van der Waals surface area (Å²) in [5, 5.41) is 2.09. The minimum atomic E-state index is -0.303. The van der Waals surface area contributed by atoms with Crippen LogP contribution in [-0.2, 0) is 22.4 Å². The monoisotopic (exact) mass is 422 g/mol. The van der Waals surface area contributed by atoms with Crippen molar-refractivity contribution in [3.63, 3.8) is 0 Å². The minimum Gasteiger partial charge on any atom is -0.493 e. The summed E-state index contributed by atoms with van der Waals surface area (Å²) in [7, 11) is 4.61. The third-order valence-corrected chi connectivity index (χ3v) is 4.98. The first-order chi connectivity index (χ1) is 15.1. The Bertz CT molecular complexity index is 1080. The highest BCUT2D eigenvalue weighted by molar-refractivity contribution is 5.90. The van der Waals surface area contributed by atoms with E-state index < -0.39 is 0 Å². The molecule has 0 heterocycles. The van der Waals surface area contributed by atoms with E-state index in [1.165, 1.54) is 14.2 Å². The predicted molar refractivity (Wildman–Crippen MR) is 118 cm³/mol. The summed E-state index contributed by atoms with van der Waals surface area (Å²) in [6.07, 6.45) is 0.750. The van der Waals surface area contributed by atoms with Gasteiger partial charge in [-0.25, -0.2) is 0 Å². The molecule has 0 saturated heterocycles. The Balaban J connectivity index is 1.55. The second-order valence-electron chi connectivity index (χ2n) is 6.90. The van der Waals surface area contributed by atoms with Crippen LogP contribution in [0.2, 0.25) is 0 Å². The molecule has 0 unspecified atom stereocenters. The van der Waals surface area contributed by atoms with Crippen molar-refractivity contribution in [2.75, 3.05) is 21.3 Å². The van der Waals surface area contributed by atoms with Crippen molar-refractivity contribution < 1.29 is 23.8 Å². The largest absolute Gasteiger partial charge is 0.493 e. The summed E-state index contributed by atoms with van der Waals surface area (Å²) >= 11 is 0. The van der Waals surface area contributed by atoms with Crippen LogP contribution >= 0.6 is 0 Å². The number of carbonyl (C=O) groups is 2. The molecule has 31 heavy (non-hydrogen) atoms. The number of hydrazine groups is 1. The van der Waals surface area contributed by atoms with Gasteiger partial charge in [-0.3, -0.25) is 20.4 Å². The smallest absolute Gasteiger partial charge is 0.242 e. The molecule has 0 bridgehead atoms. The van der Waals surface area contributed by atoms with E-state index in [9.17, 15) is 9.59 Å². The van der Waals surface area contributed by atoms with Gasteiger partial charge in [-0.1, -0.05) is 48.5 Å². The molecule has 0 aliphatic heterocycles. The number of methoxy groups -OCH3 is 3. The van der Waals surface area contributed by atoms with Crippen molar-refractivity contribution in [1.82, 2.24) is 10.9 Å². The number of aryl methyl sites for hydroxylation is 1. The number of hydrogen-bond acceptors (Lipinski definition) is 5. The summed E-state index contributed by atoms with van der Waals surface area (Å²) in [5.41, 5.74) is 6.67. The van der Waals surface area contributed by atoms with E-state index in [2.05, 4.69) is 10.9 Å².